The van der Waals surface area contributed by atoms with E-state index in [4.69, 9.17) is 4.55 Å². The Morgan fingerprint density at radius 1 is 0.830 bits per heavy atom. The number of rotatable bonds is 11. The Bertz CT molecular complexity index is 2320. The second kappa shape index (κ2) is 14.4. The molecule has 0 aliphatic rings. The van der Waals surface area contributed by atoms with E-state index in [1.54, 1.807) is 18.2 Å². The molecule has 4 N–H and O–H groups in total. The zero-order chi connectivity index (χ0) is 34.1. The van der Waals surface area contributed by atoms with E-state index >= 15 is 0 Å². The predicted molar refractivity (Wildman–Crippen MR) is 158 cm³/mol. The van der Waals surface area contributed by atoms with Crippen molar-refractivity contribution < 1.29 is 91.0 Å². The number of benzene rings is 4. The number of nitrogens with one attached hydrogen (secondary N) is 1. The van der Waals surface area contributed by atoms with Crippen LogP contribution < -0.4 is 34.9 Å². The van der Waals surface area contributed by atoms with E-state index in [1.165, 1.54) is 12.1 Å². The van der Waals surface area contributed by atoms with Crippen LogP contribution in [0.2, 0.25) is 0 Å². The molecule has 17 nitrogen and oxygen atoms in total. The third-order valence-corrected chi connectivity index (χ3v) is 9.97. The smallest absolute Gasteiger partial charge is 0.744 e. The first kappa shape index (κ1) is 38.1. The molecule has 4 aromatic rings. The topological polar surface area (TPSA) is 283 Å². The zero-order valence-corrected chi connectivity index (χ0v) is 29.0. The summed E-state index contributed by atoms with van der Waals surface area (Å²) in [6, 6.07) is 14.1. The molecule has 47 heavy (non-hydrogen) atoms. The molecule has 4 rings (SSSR count). The second-order valence-corrected chi connectivity index (χ2v) is 15.1. The number of phenolic OH excluding ortho intramolecular Hbond substituents is 1. The van der Waals surface area contributed by atoms with Gasteiger partial charge in [-0.1, -0.05) is 18.2 Å². The molecule has 0 radical (unpaired) electrons. The molecule has 0 saturated heterocycles. The monoisotopic (exact) mass is 737 g/mol. The van der Waals surface area contributed by atoms with Gasteiger partial charge in [-0.2, -0.15) is 21.9 Å². The van der Waals surface area contributed by atoms with Crippen LogP contribution in [-0.4, -0.2) is 70.7 Å². The predicted octanol–water partition coefficient (Wildman–Crippen LogP) is -0.0390. The average Bonchev–Trinajstić information content (AvgIpc) is 2.95. The van der Waals surface area contributed by atoms with Gasteiger partial charge in [-0.15, -0.1) is 5.11 Å². The molecule has 0 heterocycles. The molecule has 0 aliphatic heterocycles. The maximum atomic E-state index is 12.8. The molecule has 1 amide bonds. The molecule has 22 heteroatoms. The van der Waals surface area contributed by atoms with Gasteiger partial charge < -0.3 is 15.0 Å². The van der Waals surface area contributed by atoms with E-state index in [1.807, 2.05) is 0 Å². The Labute approximate surface area is 290 Å². The summed E-state index contributed by atoms with van der Waals surface area (Å²) in [7, 11) is -19.6. The average molecular weight is 738 g/mol. The maximum absolute atomic E-state index is 12.8. The normalized spacial score (nSPS) is 12.6. The van der Waals surface area contributed by atoms with Crippen LogP contribution in [0.15, 0.2) is 97.7 Å². The Balaban J connectivity index is 0.00000600. The summed E-state index contributed by atoms with van der Waals surface area (Å²) >= 11 is 0. The van der Waals surface area contributed by atoms with E-state index in [-0.39, 0.29) is 51.4 Å². The molecule has 4 aromatic carbocycles. The fourth-order valence-corrected chi connectivity index (χ4v) is 6.83. The van der Waals surface area contributed by atoms with Crippen molar-refractivity contribution in [3.8, 4) is 5.75 Å². The molecule has 0 aromatic heterocycles. The minimum absolute atomic E-state index is 0. The third kappa shape index (κ3) is 9.39. The van der Waals surface area contributed by atoms with Crippen molar-refractivity contribution >= 4 is 74.2 Å². The summed E-state index contributed by atoms with van der Waals surface area (Å²) in [5.74, 6) is -2.68. The summed E-state index contributed by atoms with van der Waals surface area (Å²) in [6.07, 6.45) is 0. The number of sulfone groups is 1. The molecular weight excluding hydrogens is 718 g/mol. The second-order valence-electron chi connectivity index (χ2n) is 9.12. The van der Waals surface area contributed by atoms with Gasteiger partial charge in [-0.25, -0.2) is 21.0 Å². The largest absolute Gasteiger partial charge is 1.00 e. The van der Waals surface area contributed by atoms with Crippen LogP contribution in [0.3, 0.4) is 0 Å². The number of phenols is 1. The minimum atomic E-state index is -5.31. The Morgan fingerprint density at radius 3 is 2.00 bits per heavy atom. The standard InChI is InChI=1S/C25H21N3O14S4.Na/c29-24-22-18(20(44(33,34)35)11-10-19(22)26-25(30)15-4-2-1-3-5-15)14-21(45(36,37)38)23(24)28-27-16-6-8-17(9-7-16)43(31,32)13-12-42-46(39,40)41;/h1-11,14,29H,12-13H2,(H,26,30)(H,33,34,35)(H,36,37,38)(H,39,40,41);/q;+1/p-1. The summed E-state index contributed by atoms with van der Waals surface area (Å²) < 4.78 is 129. The molecule has 0 atom stereocenters. The minimum Gasteiger partial charge on any atom is -0.744 e. The summed E-state index contributed by atoms with van der Waals surface area (Å²) in [6.45, 7) is -0.884. The molecule has 0 fully saturated rings. The van der Waals surface area contributed by atoms with Crippen LogP contribution >= 0.6 is 0 Å². The number of hydrogen-bond acceptors (Lipinski definition) is 14. The van der Waals surface area contributed by atoms with E-state index in [0.29, 0.717) is 6.07 Å². The van der Waals surface area contributed by atoms with Gasteiger partial charge >= 0.3 is 40.0 Å². The van der Waals surface area contributed by atoms with Crippen LogP contribution in [0.4, 0.5) is 17.1 Å². The van der Waals surface area contributed by atoms with Gasteiger partial charge in [0.2, 0.25) is 0 Å². The first-order chi connectivity index (χ1) is 21.3. The number of carbonyl (C=O) groups is 1. The van der Waals surface area contributed by atoms with Crippen molar-refractivity contribution in [2.45, 2.75) is 14.7 Å². The van der Waals surface area contributed by atoms with E-state index in [9.17, 15) is 52.7 Å². The van der Waals surface area contributed by atoms with Gasteiger partial charge in [0.05, 0.1) is 38.9 Å². The summed E-state index contributed by atoms with van der Waals surface area (Å²) in [5.41, 5.74) is -1.21. The molecule has 0 aliphatic carbocycles. The quantitative estimate of drug-likeness (QED) is 0.0893. The SMILES string of the molecule is O=C(Nc1ccc(S(=O)(=O)[O-])c2cc(S(=O)(=O)O)c(N=Nc3ccc(S(=O)(=O)CCOS(=O)(=O)O)cc3)c(O)c12)c1ccccc1.[Na+]. The summed E-state index contributed by atoms with van der Waals surface area (Å²) in [5, 5.41) is 19.8. The van der Waals surface area contributed by atoms with Gasteiger partial charge in [-0.05, 0) is 54.6 Å². The van der Waals surface area contributed by atoms with Gasteiger partial charge in [0.1, 0.15) is 20.7 Å². The first-order valence-corrected chi connectivity index (χ1v) is 18.1. The van der Waals surface area contributed by atoms with Crippen LogP contribution in [-0.2, 0) is 44.7 Å². The fourth-order valence-electron chi connectivity index (χ4n) is 4.03. The zero-order valence-electron chi connectivity index (χ0n) is 23.7. The number of fused-ring (bicyclic) bond motifs is 1. The van der Waals surface area contributed by atoms with Crippen LogP contribution in [0, 0.1) is 0 Å². The van der Waals surface area contributed by atoms with Crippen LogP contribution in [0.5, 0.6) is 5.75 Å². The fraction of sp³-hybridized carbons (Fsp3) is 0.0800. The van der Waals surface area contributed by atoms with Crippen molar-refractivity contribution in [1.29, 1.82) is 0 Å². The van der Waals surface area contributed by atoms with Crippen molar-refractivity contribution in [3.63, 3.8) is 0 Å². The molecule has 0 unspecified atom stereocenters. The van der Waals surface area contributed by atoms with Crippen molar-refractivity contribution in [2.24, 2.45) is 10.2 Å². The van der Waals surface area contributed by atoms with Gasteiger partial charge in [0.15, 0.2) is 15.6 Å². The van der Waals surface area contributed by atoms with Crippen LogP contribution in [0.25, 0.3) is 10.8 Å². The Kier molecular flexibility index (Phi) is 11.7. The molecule has 0 spiro atoms. The number of amides is 1. The molecular formula is C25H20N3NaO14S4. The maximum Gasteiger partial charge on any atom is 1.00 e. The number of aromatic hydroxyl groups is 1. The number of hydrogen-bond donors (Lipinski definition) is 4. The number of azo groups is 1. The van der Waals surface area contributed by atoms with E-state index in [0.717, 1.165) is 36.4 Å². The van der Waals surface area contributed by atoms with E-state index < -0.39 is 90.7 Å². The molecule has 244 valence electrons. The summed E-state index contributed by atoms with van der Waals surface area (Å²) in [4.78, 5) is 10.3. The number of anilines is 1. The number of nitrogens with zero attached hydrogens (tertiary/aromatic N) is 2. The van der Waals surface area contributed by atoms with Crippen molar-refractivity contribution in [3.05, 3.63) is 78.4 Å². The first-order valence-electron chi connectivity index (χ1n) is 12.3. The molecule has 0 bridgehead atoms. The van der Waals surface area contributed by atoms with Gasteiger partial charge in [0.25, 0.3) is 16.0 Å². The van der Waals surface area contributed by atoms with Crippen molar-refractivity contribution in [1.82, 2.24) is 0 Å². The van der Waals surface area contributed by atoms with Gasteiger partial charge in [0, 0.05) is 10.9 Å². The van der Waals surface area contributed by atoms with Gasteiger partial charge in [-0.3, -0.25) is 13.9 Å². The van der Waals surface area contributed by atoms with Crippen LogP contribution in [0.1, 0.15) is 10.4 Å². The number of carbonyl (C=O) groups excluding carboxylic acids is 1. The Hall–Kier alpha value is -3.35. The van der Waals surface area contributed by atoms with E-state index in [2.05, 4.69) is 19.7 Å². The molecule has 0 saturated carbocycles. The van der Waals surface area contributed by atoms with Crippen molar-refractivity contribution in [2.75, 3.05) is 17.7 Å². The third-order valence-electron chi connectivity index (χ3n) is 6.05. The Morgan fingerprint density at radius 2 is 1.45 bits per heavy atom.